The molecule has 148 valence electrons. The van der Waals surface area contributed by atoms with Gasteiger partial charge in [0.2, 0.25) is 0 Å². The number of phenols is 1. The number of phenolic OH excluding ortho intramolecular Hbond substituents is 1. The molecule has 0 aliphatic heterocycles. The summed E-state index contributed by atoms with van der Waals surface area (Å²) in [7, 11) is -4.94. The third kappa shape index (κ3) is 5.74. The highest BCUT2D eigenvalue weighted by molar-refractivity contribution is 5.96. The summed E-state index contributed by atoms with van der Waals surface area (Å²) in [6, 6.07) is 21.9. The molecule has 0 bridgehead atoms. The highest BCUT2D eigenvalue weighted by atomic mass is 35.7. The van der Waals surface area contributed by atoms with Gasteiger partial charge in [0.25, 0.3) is 0 Å². The fourth-order valence-corrected chi connectivity index (χ4v) is 2.90. The molecule has 4 aromatic rings. The van der Waals surface area contributed by atoms with Crippen LogP contribution in [0.2, 0.25) is 0 Å². The number of rotatable bonds is 2. The standard InChI is InChI=1S/C22H16O2.ClHO4/c1-15-12-19-13-17-7-2-3-8-18(17)14-22(19)24-21(15)11-10-16-6-4-5-9-20(16)23;2-1(3,4)5/h2-14H,1H3;(H,2,3,4,5)/b11-10+;. The number of benzene rings is 3. The Labute approximate surface area is 168 Å². The van der Waals surface area contributed by atoms with Gasteiger partial charge >= 0.3 is 11.3 Å². The molecule has 0 aliphatic rings. The van der Waals surface area contributed by atoms with Crippen molar-refractivity contribution in [3.63, 3.8) is 0 Å². The molecule has 6 nitrogen and oxygen atoms in total. The van der Waals surface area contributed by atoms with Crippen LogP contribution in [0, 0.1) is 17.2 Å². The zero-order chi connectivity index (χ0) is 21.0. The summed E-state index contributed by atoms with van der Waals surface area (Å²) in [5, 5.41) is 13.3. The molecule has 1 N–H and O–H groups in total. The van der Waals surface area contributed by atoms with Crippen molar-refractivity contribution in [2.45, 2.75) is 6.92 Å². The lowest BCUT2D eigenvalue weighted by Crippen LogP contribution is -2.68. The van der Waals surface area contributed by atoms with E-state index in [1.54, 1.807) is 6.07 Å². The van der Waals surface area contributed by atoms with E-state index in [2.05, 4.69) is 30.3 Å². The number of halogens is 1. The van der Waals surface area contributed by atoms with Gasteiger partial charge in [-0.2, -0.15) is 0 Å². The number of para-hydroxylation sites is 1. The van der Waals surface area contributed by atoms with Crippen molar-refractivity contribution in [1.82, 2.24) is 0 Å². The first kappa shape index (κ1) is 20.7. The molecule has 0 fully saturated rings. The summed E-state index contributed by atoms with van der Waals surface area (Å²) in [6.07, 6.45) is 3.77. The third-order valence-corrected chi connectivity index (χ3v) is 4.21. The number of fused-ring (bicyclic) bond motifs is 2. The van der Waals surface area contributed by atoms with Crippen LogP contribution in [0.5, 0.6) is 5.75 Å². The van der Waals surface area contributed by atoms with Gasteiger partial charge in [0.1, 0.15) is 5.75 Å². The molecule has 0 spiro atoms. The van der Waals surface area contributed by atoms with Gasteiger partial charge in [0, 0.05) is 11.6 Å². The van der Waals surface area contributed by atoms with E-state index in [0.29, 0.717) is 0 Å². The molecule has 0 aliphatic carbocycles. The fraction of sp³-hybridized carbons (Fsp3) is 0.0455. The third-order valence-electron chi connectivity index (χ3n) is 4.21. The smallest absolute Gasteiger partial charge is 0.361 e. The number of aryl methyl sites for hydroxylation is 1. The van der Waals surface area contributed by atoms with Crippen LogP contribution in [-0.2, 0) is 0 Å². The lowest BCUT2D eigenvalue weighted by molar-refractivity contribution is -2.00. The molecule has 1 heterocycles. The highest BCUT2D eigenvalue weighted by Crippen LogP contribution is 2.27. The maximum Gasteiger partial charge on any atom is 0.361 e. The molecule has 29 heavy (non-hydrogen) atoms. The van der Waals surface area contributed by atoms with Crippen LogP contribution in [0.25, 0.3) is 33.9 Å². The van der Waals surface area contributed by atoms with Gasteiger partial charge in [-0.05, 0) is 42.0 Å². The van der Waals surface area contributed by atoms with E-state index < -0.39 is 10.2 Å². The van der Waals surface area contributed by atoms with Gasteiger partial charge in [-0.1, -0.05) is 42.5 Å². The van der Waals surface area contributed by atoms with E-state index in [0.717, 1.165) is 33.2 Å². The van der Waals surface area contributed by atoms with Crippen molar-refractivity contribution in [2.75, 3.05) is 0 Å². The van der Waals surface area contributed by atoms with Crippen molar-refractivity contribution < 1.29 is 38.4 Å². The van der Waals surface area contributed by atoms with Crippen LogP contribution in [0.15, 0.2) is 71.1 Å². The SMILES string of the molecule is Cc1cc2cc3ccccc3cc2[o+]c1/C=C/c1ccccc1O.[O-][Cl+3]([O-])([O-])[O-]. The average molecular weight is 413 g/mol. The summed E-state index contributed by atoms with van der Waals surface area (Å²) >= 11 is 0. The normalized spacial score (nSPS) is 11.6. The van der Waals surface area contributed by atoms with E-state index in [9.17, 15) is 5.11 Å². The maximum atomic E-state index is 9.87. The Hall–Kier alpha value is -3.00. The van der Waals surface area contributed by atoms with Crippen LogP contribution in [0.3, 0.4) is 0 Å². The van der Waals surface area contributed by atoms with Gasteiger partial charge in [-0.3, -0.25) is 0 Å². The molecule has 0 saturated carbocycles. The number of aromatic hydroxyl groups is 1. The Kier molecular flexibility index (Phi) is 6.12. The predicted octanol–water partition coefficient (Wildman–Crippen LogP) is 1.30. The lowest BCUT2D eigenvalue weighted by atomic mass is 10.1. The molecule has 3 aromatic carbocycles. The minimum absolute atomic E-state index is 0.262. The second kappa shape index (κ2) is 8.57. The van der Waals surface area contributed by atoms with Gasteiger partial charge in [0.05, 0.1) is 17.0 Å². The van der Waals surface area contributed by atoms with Crippen molar-refractivity contribution >= 4 is 33.9 Å². The molecule has 0 amide bonds. The Balaban J connectivity index is 0.000000431. The van der Waals surface area contributed by atoms with E-state index in [1.807, 2.05) is 49.4 Å². The summed E-state index contributed by atoms with van der Waals surface area (Å²) in [5.74, 6) is 1.05. The first-order valence-electron chi connectivity index (χ1n) is 8.55. The van der Waals surface area contributed by atoms with E-state index in [-0.39, 0.29) is 5.75 Å². The van der Waals surface area contributed by atoms with E-state index in [1.165, 1.54) is 5.39 Å². The van der Waals surface area contributed by atoms with E-state index >= 15 is 0 Å². The minimum Gasteiger partial charge on any atom is -0.507 e. The Morgan fingerprint density at radius 1 is 0.793 bits per heavy atom. The topological polar surface area (TPSA) is 124 Å². The first-order valence-corrected chi connectivity index (χ1v) is 9.78. The summed E-state index contributed by atoms with van der Waals surface area (Å²) in [6.45, 7) is 2.03. The Morgan fingerprint density at radius 3 is 2.03 bits per heavy atom. The molecule has 0 atom stereocenters. The van der Waals surface area contributed by atoms with Crippen LogP contribution in [0.4, 0.5) is 0 Å². The van der Waals surface area contributed by atoms with Crippen molar-refractivity contribution in [3.8, 4) is 5.75 Å². The number of hydrogen-bond acceptors (Lipinski definition) is 5. The van der Waals surface area contributed by atoms with Gasteiger partial charge in [0.15, 0.2) is 0 Å². The zero-order valence-electron chi connectivity index (χ0n) is 15.4. The Morgan fingerprint density at radius 2 is 1.38 bits per heavy atom. The first-order chi connectivity index (χ1) is 13.7. The Bertz CT molecular complexity index is 1170. The lowest BCUT2D eigenvalue weighted by Gasteiger charge is -2.17. The van der Waals surface area contributed by atoms with Crippen molar-refractivity contribution in [2.24, 2.45) is 0 Å². The second-order valence-corrected chi connectivity index (χ2v) is 7.06. The van der Waals surface area contributed by atoms with Crippen LogP contribution in [0.1, 0.15) is 16.9 Å². The summed E-state index contributed by atoms with van der Waals surface area (Å²) in [4.78, 5) is 0. The van der Waals surface area contributed by atoms with Gasteiger partial charge in [-0.15, -0.1) is 10.2 Å². The van der Waals surface area contributed by atoms with Crippen molar-refractivity contribution in [1.29, 1.82) is 0 Å². The van der Waals surface area contributed by atoms with Gasteiger partial charge in [-0.25, -0.2) is 23.1 Å². The van der Waals surface area contributed by atoms with E-state index in [4.69, 9.17) is 23.1 Å². The summed E-state index contributed by atoms with van der Waals surface area (Å²) in [5.41, 5.74) is 2.69. The van der Waals surface area contributed by atoms with Crippen LogP contribution < -0.4 is 18.6 Å². The average Bonchev–Trinajstić information content (AvgIpc) is 2.64. The monoisotopic (exact) mass is 412 g/mol. The molecule has 7 heteroatoms. The fourth-order valence-electron chi connectivity index (χ4n) is 2.90. The van der Waals surface area contributed by atoms with Crippen molar-refractivity contribution in [3.05, 3.63) is 83.6 Å². The number of hydrogen-bond donors (Lipinski definition) is 1. The van der Waals surface area contributed by atoms with Crippen LogP contribution in [-0.4, -0.2) is 5.11 Å². The molecule has 0 saturated heterocycles. The molecular formula is C22H17ClO6. The highest BCUT2D eigenvalue weighted by Gasteiger charge is 2.15. The predicted molar refractivity (Wildman–Crippen MR) is 99.9 cm³/mol. The molecular weight excluding hydrogens is 396 g/mol. The van der Waals surface area contributed by atoms with Gasteiger partial charge < -0.3 is 5.11 Å². The minimum atomic E-state index is -4.94. The molecule has 0 unspecified atom stereocenters. The summed E-state index contributed by atoms with van der Waals surface area (Å²) < 4.78 is 40.1. The largest absolute Gasteiger partial charge is 0.507 e. The molecule has 4 rings (SSSR count). The zero-order valence-corrected chi connectivity index (χ0v) is 16.1. The van der Waals surface area contributed by atoms with Crippen LogP contribution >= 0.6 is 0 Å². The second-order valence-electron chi connectivity index (χ2n) is 6.30. The molecule has 1 aromatic heterocycles. The maximum absolute atomic E-state index is 9.87. The molecule has 0 radical (unpaired) electrons. The quantitative estimate of drug-likeness (QED) is 0.391.